The van der Waals surface area contributed by atoms with Crippen LogP contribution in [0, 0.1) is 0 Å². The highest BCUT2D eigenvalue weighted by Gasteiger charge is 2.39. The van der Waals surface area contributed by atoms with E-state index in [1.54, 1.807) is 23.2 Å². The Morgan fingerprint density at radius 2 is 1.90 bits per heavy atom. The number of rotatable bonds is 3. The predicted molar refractivity (Wildman–Crippen MR) is 107 cm³/mol. The first-order valence-corrected chi connectivity index (χ1v) is 10.5. The molecule has 0 radical (unpaired) electrons. The summed E-state index contributed by atoms with van der Waals surface area (Å²) < 4.78 is 1.52. The van der Waals surface area contributed by atoms with E-state index >= 15 is 0 Å². The number of aromatic nitrogens is 3. The van der Waals surface area contributed by atoms with Gasteiger partial charge in [-0.25, -0.2) is 4.68 Å². The molecule has 10 nitrogen and oxygen atoms in total. The number of amides is 4. The van der Waals surface area contributed by atoms with Crippen molar-refractivity contribution in [1.29, 1.82) is 0 Å². The van der Waals surface area contributed by atoms with Crippen LogP contribution in [-0.2, 0) is 16.1 Å². The third-order valence-electron chi connectivity index (χ3n) is 6.13. The first-order chi connectivity index (χ1) is 15.0. The Kier molecular flexibility index (Phi) is 4.76. The summed E-state index contributed by atoms with van der Waals surface area (Å²) in [7, 11) is 0. The van der Waals surface area contributed by atoms with Crippen LogP contribution in [-0.4, -0.2) is 67.6 Å². The Balaban J connectivity index is 1.35. The first-order valence-electron chi connectivity index (χ1n) is 10.5. The molecule has 3 aliphatic rings. The number of nitrogens with one attached hydrogen (secondary N) is 1. The van der Waals surface area contributed by atoms with Gasteiger partial charge in [0.2, 0.25) is 11.8 Å². The molecule has 2 fully saturated rings. The Bertz CT molecular complexity index is 1090. The van der Waals surface area contributed by atoms with Gasteiger partial charge in [0.25, 0.3) is 11.8 Å². The maximum absolute atomic E-state index is 12.8. The van der Waals surface area contributed by atoms with Crippen molar-refractivity contribution < 1.29 is 19.2 Å². The molecule has 1 unspecified atom stereocenters. The molecule has 0 bridgehead atoms. The monoisotopic (exact) mass is 422 g/mol. The predicted octanol–water partition coefficient (Wildman–Crippen LogP) is 0.654. The zero-order chi connectivity index (χ0) is 21.5. The standard InChI is InChI=1S/C21H22N6O4/c28-18-7-6-17(19(29)22-18)26-11-13-10-14(4-5-15(13)20(26)30)27-12-16(23-24-27)21(31)25-8-2-1-3-9-25/h4-5,10,12,17H,1-3,6-9,11H2,(H,22,28,29). The lowest BCUT2D eigenvalue weighted by Crippen LogP contribution is -2.52. The number of carbonyl (C=O) groups excluding carboxylic acids is 4. The number of hydrogen-bond donors (Lipinski definition) is 1. The van der Waals surface area contributed by atoms with Crippen molar-refractivity contribution in [2.24, 2.45) is 0 Å². The molecule has 10 heteroatoms. The van der Waals surface area contributed by atoms with Gasteiger partial charge in [-0.1, -0.05) is 5.21 Å². The average molecular weight is 422 g/mol. The molecule has 0 saturated carbocycles. The molecule has 5 rings (SSSR count). The first kappa shape index (κ1) is 19.4. The van der Waals surface area contributed by atoms with Gasteiger partial charge in [-0.05, 0) is 49.4 Å². The molecular formula is C21H22N6O4. The average Bonchev–Trinajstić information content (AvgIpc) is 3.39. The van der Waals surface area contributed by atoms with Gasteiger partial charge < -0.3 is 9.80 Å². The Morgan fingerprint density at radius 3 is 2.68 bits per heavy atom. The van der Waals surface area contributed by atoms with E-state index in [0.717, 1.165) is 37.9 Å². The van der Waals surface area contributed by atoms with Crippen molar-refractivity contribution in [1.82, 2.24) is 30.1 Å². The Hall–Kier alpha value is -3.56. The molecule has 3 aliphatic heterocycles. The highest BCUT2D eigenvalue weighted by molar-refractivity contribution is 6.05. The van der Waals surface area contributed by atoms with Crippen LogP contribution in [0.15, 0.2) is 24.4 Å². The van der Waals surface area contributed by atoms with Crippen molar-refractivity contribution in [2.75, 3.05) is 13.1 Å². The van der Waals surface area contributed by atoms with Gasteiger partial charge in [-0.15, -0.1) is 5.10 Å². The van der Waals surface area contributed by atoms with Crippen molar-refractivity contribution in [3.63, 3.8) is 0 Å². The van der Waals surface area contributed by atoms with Crippen molar-refractivity contribution >= 4 is 23.6 Å². The zero-order valence-corrected chi connectivity index (χ0v) is 16.9. The van der Waals surface area contributed by atoms with Crippen LogP contribution in [0.4, 0.5) is 0 Å². The second-order valence-corrected chi connectivity index (χ2v) is 8.14. The largest absolute Gasteiger partial charge is 0.337 e. The molecule has 31 heavy (non-hydrogen) atoms. The maximum atomic E-state index is 12.8. The number of carbonyl (C=O) groups is 4. The maximum Gasteiger partial charge on any atom is 0.276 e. The molecule has 4 heterocycles. The number of nitrogens with zero attached hydrogens (tertiary/aromatic N) is 5. The van der Waals surface area contributed by atoms with Gasteiger partial charge in [0.1, 0.15) is 6.04 Å². The lowest BCUT2D eigenvalue weighted by molar-refractivity contribution is -0.136. The van der Waals surface area contributed by atoms with Crippen molar-refractivity contribution in [3.8, 4) is 5.69 Å². The minimum atomic E-state index is -0.652. The van der Waals surface area contributed by atoms with E-state index in [-0.39, 0.29) is 30.7 Å². The molecule has 2 saturated heterocycles. The lowest BCUT2D eigenvalue weighted by atomic mass is 10.0. The summed E-state index contributed by atoms with van der Waals surface area (Å²) in [4.78, 5) is 52.4. The molecule has 160 valence electrons. The molecule has 2 aromatic rings. The van der Waals surface area contributed by atoms with Crippen LogP contribution >= 0.6 is 0 Å². The van der Waals surface area contributed by atoms with Crippen molar-refractivity contribution in [3.05, 3.63) is 41.2 Å². The molecule has 0 spiro atoms. The number of benzene rings is 1. The quantitative estimate of drug-likeness (QED) is 0.726. The molecule has 0 aliphatic carbocycles. The number of hydrogen-bond acceptors (Lipinski definition) is 6. The summed E-state index contributed by atoms with van der Waals surface area (Å²) >= 11 is 0. The van der Waals surface area contributed by atoms with Crippen molar-refractivity contribution in [2.45, 2.75) is 44.7 Å². The van der Waals surface area contributed by atoms with Gasteiger partial charge in [-0.2, -0.15) is 0 Å². The summed E-state index contributed by atoms with van der Waals surface area (Å²) in [6.07, 6.45) is 5.29. The molecule has 1 atom stereocenters. The number of piperidine rings is 2. The summed E-state index contributed by atoms with van der Waals surface area (Å²) in [6.45, 7) is 1.76. The van der Waals surface area contributed by atoms with Crippen LogP contribution in [0.1, 0.15) is 58.5 Å². The van der Waals surface area contributed by atoms with E-state index < -0.39 is 11.9 Å². The van der Waals surface area contributed by atoms with E-state index in [4.69, 9.17) is 0 Å². The third kappa shape index (κ3) is 3.47. The van der Waals surface area contributed by atoms with Gasteiger partial charge in [0.05, 0.1) is 11.9 Å². The fourth-order valence-electron chi connectivity index (χ4n) is 4.45. The lowest BCUT2D eigenvalue weighted by Gasteiger charge is -2.29. The Labute approximate surface area is 178 Å². The van der Waals surface area contributed by atoms with Crippen LogP contribution in [0.25, 0.3) is 5.69 Å². The second-order valence-electron chi connectivity index (χ2n) is 8.14. The van der Waals surface area contributed by atoms with Gasteiger partial charge in [-0.3, -0.25) is 24.5 Å². The topological polar surface area (TPSA) is 118 Å². The highest BCUT2D eigenvalue weighted by atomic mass is 16.2. The molecule has 1 N–H and O–H groups in total. The van der Waals surface area contributed by atoms with E-state index in [9.17, 15) is 19.2 Å². The summed E-state index contributed by atoms with van der Waals surface area (Å²) in [6, 6.07) is 4.62. The van der Waals surface area contributed by atoms with Crippen LogP contribution < -0.4 is 5.32 Å². The number of imide groups is 1. The van der Waals surface area contributed by atoms with Gasteiger partial charge in [0.15, 0.2) is 5.69 Å². The minimum Gasteiger partial charge on any atom is -0.337 e. The number of likely N-dealkylation sites (tertiary alicyclic amines) is 1. The second kappa shape index (κ2) is 7.60. The molecular weight excluding hydrogens is 400 g/mol. The van der Waals surface area contributed by atoms with Crippen LogP contribution in [0.5, 0.6) is 0 Å². The van der Waals surface area contributed by atoms with Gasteiger partial charge >= 0.3 is 0 Å². The van der Waals surface area contributed by atoms with E-state index in [1.165, 1.54) is 9.58 Å². The van der Waals surface area contributed by atoms with Gasteiger partial charge in [0, 0.05) is 31.6 Å². The van der Waals surface area contributed by atoms with E-state index in [0.29, 0.717) is 23.4 Å². The zero-order valence-electron chi connectivity index (χ0n) is 16.9. The third-order valence-corrected chi connectivity index (χ3v) is 6.13. The summed E-state index contributed by atoms with van der Waals surface area (Å²) in [5.41, 5.74) is 2.27. The fourth-order valence-corrected chi connectivity index (χ4v) is 4.45. The molecule has 4 amide bonds. The van der Waals surface area contributed by atoms with Crippen LogP contribution in [0.3, 0.4) is 0 Å². The summed E-state index contributed by atoms with van der Waals surface area (Å²) in [5, 5.41) is 10.4. The summed E-state index contributed by atoms with van der Waals surface area (Å²) in [5.74, 6) is -1.09. The molecule has 1 aromatic heterocycles. The minimum absolute atomic E-state index is 0.119. The smallest absolute Gasteiger partial charge is 0.276 e. The number of fused-ring (bicyclic) bond motifs is 1. The van der Waals surface area contributed by atoms with Crippen LogP contribution in [0.2, 0.25) is 0 Å². The highest BCUT2D eigenvalue weighted by Crippen LogP contribution is 2.29. The van der Waals surface area contributed by atoms with E-state index in [1.807, 2.05) is 6.07 Å². The normalized spacial score (nSPS) is 21.3. The fraction of sp³-hybridized carbons (Fsp3) is 0.429. The SMILES string of the molecule is O=C1CCC(N2Cc3cc(-n4cc(C(=O)N5CCCCC5)nn4)ccc3C2=O)C(=O)N1. The Morgan fingerprint density at radius 1 is 1.10 bits per heavy atom. The van der Waals surface area contributed by atoms with E-state index in [2.05, 4.69) is 15.6 Å². The molecule has 1 aromatic carbocycles.